The van der Waals surface area contributed by atoms with Crippen molar-refractivity contribution in [3.8, 4) is 5.75 Å². The monoisotopic (exact) mass is 305 g/mol. The van der Waals surface area contributed by atoms with Crippen molar-refractivity contribution >= 4 is 11.3 Å². The second kappa shape index (κ2) is 8.23. The molecule has 0 saturated carbocycles. The van der Waals surface area contributed by atoms with Crippen molar-refractivity contribution in [1.82, 2.24) is 0 Å². The van der Waals surface area contributed by atoms with Gasteiger partial charge in [-0.25, -0.2) is 0 Å². The summed E-state index contributed by atoms with van der Waals surface area (Å²) in [4.78, 5) is 2.41. The van der Waals surface area contributed by atoms with E-state index in [0.717, 1.165) is 25.1 Å². The largest absolute Gasteiger partial charge is 0.497 e. The number of rotatable bonds is 5. The van der Waals surface area contributed by atoms with Crippen LogP contribution in [0.15, 0.2) is 24.3 Å². The Balaban J connectivity index is 0.00000116. The molecule has 1 aromatic carbocycles. The van der Waals surface area contributed by atoms with Crippen molar-refractivity contribution in [2.24, 2.45) is 0 Å². The average Bonchev–Trinajstić information content (AvgIpc) is 2.51. The lowest BCUT2D eigenvalue weighted by Crippen LogP contribution is -2.45. The van der Waals surface area contributed by atoms with Crippen molar-refractivity contribution in [2.45, 2.75) is 53.0 Å². The average molecular weight is 305 g/mol. The zero-order chi connectivity index (χ0) is 16.8. The van der Waals surface area contributed by atoms with E-state index in [4.69, 9.17) is 9.84 Å². The van der Waals surface area contributed by atoms with Crippen LogP contribution in [0.5, 0.6) is 5.75 Å². The van der Waals surface area contributed by atoms with Crippen LogP contribution in [0.3, 0.4) is 0 Å². The fourth-order valence-electron chi connectivity index (χ4n) is 2.98. The number of hydrogen-bond donors (Lipinski definition) is 1. The molecule has 0 aliphatic carbocycles. The van der Waals surface area contributed by atoms with Crippen LogP contribution in [-0.2, 0) is 0 Å². The lowest BCUT2D eigenvalue weighted by atomic mass is 9.88. The number of hydrogen-bond acceptors (Lipinski definition) is 3. The molecule has 124 valence electrons. The Hall–Kier alpha value is -1.48. The normalized spacial score (nSPS) is 15.4. The van der Waals surface area contributed by atoms with Gasteiger partial charge in [0.25, 0.3) is 0 Å². The first-order chi connectivity index (χ1) is 10.5. The maximum atomic E-state index is 8.99. The van der Waals surface area contributed by atoms with Gasteiger partial charge >= 0.3 is 0 Å². The van der Waals surface area contributed by atoms with Gasteiger partial charge in [0.2, 0.25) is 0 Å². The minimum absolute atomic E-state index is 0.0150. The highest BCUT2D eigenvalue weighted by Gasteiger charge is 2.30. The number of aliphatic hydroxyl groups is 1. The molecule has 0 bridgehead atoms. The topological polar surface area (TPSA) is 32.7 Å². The van der Waals surface area contributed by atoms with Crippen LogP contribution < -0.4 is 9.64 Å². The summed E-state index contributed by atoms with van der Waals surface area (Å²) in [6, 6.07) is 6.27. The van der Waals surface area contributed by atoms with Crippen LogP contribution in [0, 0.1) is 0 Å². The Bertz CT molecular complexity index is 506. The third kappa shape index (κ3) is 4.04. The van der Waals surface area contributed by atoms with Gasteiger partial charge in [0.1, 0.15) is 5.75 Å². The molecule has 0 amide bonds. The third-order valence-electron chi connectivity index (χ3n) is 3.98. The van der Waals surface area contributed by atoms with Gasteiger partial charge in [-0.3, -0.25) is 0 Å². The van der Waals surface area contributed by atoms with Crippen molar-refractivity contribution < 1.29 is 9.84 Å². The highest BCUT2D eigenvalue weighted by atomic mass is 16.5. The molecule has 1 heterocycles. The van der Waals surface area contributed by atoms with E-state index in [1.807, 2.05) is 19.9 Å². The lowest BCUT2D eigenvalue weighted by molar-refractivity contribution is 0.284. The number of ether oxygens (including phenoxy) is 1. The van der Waals surface area contributed by atoms with Crippen molar-refractivity contribution in [2.75, 3.05) is 25.2 Å². The van der Waals surface area contributed by atoms with Crippen LogP contribution in [-0.4, -0.2) is 30.9 Å². The van der Waals surface area contributed by atoms with E-state index in [1.165, 1.54) is 16.8 Å². The number of unbranched alkanes of at least 4 members (excludes halogenated alkanes) is 1. The summed E-state index contributed by atoms with van der Waals surface area (Å²) in [5, 5.41) is 8.99. The smallest absolute Gasteiger partial charge is 0.120 e. The van der Waals surface area contributed by atoms with E-state index in [1.54, 1.807) is 7.11 Å². The molecule has 1 aliphatic rings. The van der Waals surface area contributed by atoms with Gasteiger partial charge < -0.3 is 14.7 Å². The molecule has 3 nitrogen and oxygen atoms in total. The fraction of sp³-hybridized carbons (Fsp3) is 0.579. The molecular formula is C19H31NO2. The Labute approximate surface area is 135 Å². The van der Waals surface area contributed by atoms with Crippen LogP contribution in [0.1, 0.15) is 53.0 Å². The van der Waals surface area contributed by atoms with Gasteiger partial charge in [-0.05, 0) is 51.3 Å². The molecule has 1 aliphatic heterocycles. The summed E-state index contributed by atoms with van der Waals surface area (Å²) in [7, 11) is 1.70. The summed E-state index contributed by atoms with van der Waals surface area (Å²) < 4.78 is 5.37. The number of methoxy groups -OCH3 is 1. The summed E-state index contributed by atoms with van der Waals surface area (Å²) in [5.74, 6) is 0.890. The van der Waals surface area contributed by atoms with E-state index >= 15 is 0 Å². The molecule has 0 unspecified atom stereocenters. The van der Waals surface area contributed by atoms with E-state index in [2.05, 4.69) is 43.9 Å². The second-order valence-electron chi connectivity index (χ2n) is 5.95. The maximum Gasteiger partial charge on any atom is 0.120 e. The molecule has 0 atom stereocenters. The first kappa shape index (κ1) is 18.6. The minimum atomic E-state index is -0.0150. The molecule has 1 aromatic rings. The van der Waals surface area contributed by atoms with E-state index in [0.29, 0.717) is 0 Å². The first-order valence-electron chi connectivity index (χ1n) is 8.26. The molecule has 0 fully saturated rings. The minimum Gasteiger partial charge on any atom is -0.497 e. The summed E-state index contributed by atoms with van der Waals surface area (Å²) in [6.07, 6.45) is 4.15. The number of anilines is 1. The van der Waals surface area contributed by atoms with Crippen molar-refractivity contribution in [3.63, 3.8) is 0 Å². The van der Waals surface area contributed by atoms with Crippen LogP contribution in [0.25, 0.3) is 5.57 Å². The Morgan fingerprint density at radius 1 is 1.18 bits per heavy atom. The molecule has 3 heteroatoms. The predicted octanol–water partition coefficient (Wildman–Crippen LogP) is 4.50. The highest BCUT2D eigenvalue weighted by molar-refractivity contribution is 5.82. The number of aliphatic hydroxyl groups excluding tert-OH is 1. The van der Waals surface area contributed by atoms with E-state index in [9.17, 15) is 0 Å². The zero-order valence-electron chi connectivity index (χ0n) is 14.9. The van der Waals surface area contributed by atoms with Gasteiger partial charge in [-0.15, -0.1) is 0 Å². The summed E-state index contributed by atoms with van der Waals surface area (Å²) >= 11 is 0. The maximum absolute atomic E-state index is 8.99. The molecule has 2 rings (SSSR count). The standard InChI is InChI=1S/C17H25NO2.C2H6/c1-13-12-17(2,3)18(9-5-6-10-19)16-11-14(20-4)7-8-15(13)16;1-2/h7-8,11-12,19H,5-6,9-10H2,1-4H3;1-2H3. The predicted molar refractivity (Wildman–Crippen MR) is 95.7 cm³/mol. The van der Waals surface area contributed by atoms with Crippen LogP contribution >= 0.6 is 0 Å². The Kier molecular flexibility index (Phi) is 6.95. The molecular weight excluding hydrogens is 274 g/mol. The highest BCUT2D eigenvalue weighted by Crippen LogP contribution is 2.40. The summed E-state index contributed by atoms with van der Waals surface area (Å²) in [6.45, 7) is 11.8. The molecule has 0 saturated heterocycles. The Morgan fingerprint density at radius 3 is 2.45 bits per heavy atom. The van der Waals surface area contributed by atoms with Crippen LogP contribution in [0.4, 0.5) is 5.69 Å². The van der Waals surface area contributed by atoms with Crippen molar-refractivity contribution in [3.05, 3.63) is 29.8 Å². The van der Waals surface area contributed by atoms with Gasteiger partial charge in [-0.1, -0.05) is 19.9 Å². The third-order valence-corrected chi connectivity index (χ3v) is 3.98. The van der Waals surface area contributed by atoms with E-state index < -0.39 is 0 Å². The van der Waals surface area contributed by atoms with Crippen molar-refractivity contribution in [1.29, 1.82) is 0 Å². The molecule has 0 aromatic heterocycles. The quantitative estimate of drug-likeness (QED) is 0.813. The van der Waals surface area contributed by atoms with Gasteiger partial charge in [0.05, 0.1) is 12.6 Å². The molecule has 22 heavy (non-hydrogen) atoms. The second-order valence-corrected chi connectivity index (χ2v) is 5.95. The Morgan fingerprint density at radius 2 is 1.86 bits per heavy atom. The zero-order valence-corrected chi connectivity index (χ0v) is 14.9. The number of benzene rings is 1. The van der Waals surface area contributed by atoms with E-state index in [-0.39, 0.29) is 12.1 Å². The SMILES string of the molecule is CC.COc1ccc2c(c1)N(CCCCO)C(C)(C)C=C2C. The number of nitrogens with zero attached hydrogens (tertiary/aromatic N) is 1. The number of fused-ring (bicyclic) bond motifs is 1. The van der Waals surface area contributed by atoms with Gasteiger partial charge in [0.15, 0.2) is 0 Å². The molecule has 0 spiro atoms. The molecule has 0 radical (unpaired) electrons. The number of allylic oxidation sites excluding steroid dienone is 1. The first-order valence-corrected chi connectivity index (χ1v) is 8.26. The molecule has 1 N–H and O–H groups in total. The van der Waals surface area contributed by atoms with Gasteiger partial charge in [0, 0.05) is 30.5 Å². The van der Waals surface area contributed by atoms with Gasteiger partial charge in [-0.2, -0.15) is 0 Å². The fourth-order valence-corrected chi connectivity index (χ4v) is 2.98. The summed E-state index contributed by atoms with van der Waals surface area (Å²) in [5.41, 5.74) is 3.80. The lowest BCUT2D eigenvalue weighted by Gasteiger charge is -2.43. The van der Waals surface area contributed by atoms with Crippen LogP contribution in [0.2, 0.25) is 0 Å².